The van der Waals surface area contributed by atoms with Crippen molar-refractivity contribution < 1.29 is 13.2 Å². The molecule has 0 aromatic heterocycles. The minimum atomic E-state index is -2.97. The van der Waals surface area contributed by atoms with Crippen LogP contribution in [0.25, 0.3) is 0 Å². The summed E-state index contributed by atoms with van der Waals surface area (Å²) in [4.78, 5) is 14.6. The standard InChI is InChI=1S/C14H16INO3S/c15-13-4-2-1-3-12(13)14(17)16(10-5-6-10)11-7-8-20(18,19)9-11/h1-4,10-11H,5-9H2. The maximum absolute atomic E-state index is 12.8. The number of benzene rings is 1. The molecule has 1 saturated carbocycles. The van der Waals surface area contributed by atoms with Gasteiger partial charge in [-0.05, 0) is 54.0 Å². The Morgan fingerprint density at radius 3 is 2.40 bits per heavy atom. The predicted molar refractivity (Wildman–Crippen MR) is 85.4 cm³/mol. The minimum absolute atomic E-state index is 0.0143. The van der Waals surface area contributed by atoms with Gasteiger partial charge in [0.2, 0.25) is 0 Å². The van der Waals surface area contributed by atoms with Crippen LogP contribution in [0.5, 0.6) is 0 Å². The maximum Gasteiger partial charge on any atom is 0.255 e. The zero-order valence-corrected chi connectivity index (χ0v) is 13.9. The lowest BCUT2D eigenvalue weighted by atomic mass is 10.1. The topological polar surface area (TPSA) is 54.5 Å². The third-order valence-corrected chi connectivity index (χ3v) is 6.57. The molecule has 0 radical (unpaired) electrons. The summed E-state index contributed by atoms with van der Waals surface area (Å²) in [6.07, 6.45) is 2.56. The number of hydrogen-bond acceptors (Lipinski definition) is 3. The highest BCUT2D eigenvalue weighted by Crippen LogP contribution is 2.34. The molecule has 20 heavy (non-hydrogen) atoms. The molecule has 1 unspecified atom stereocenters. The second kappa shape index (κ2) is 5.29. The first-order chi connectivity index (χ1) is 9.48. The number of halogens is 1. The summed E-state index contributed by atoms with van der Waals surface area (Å²) in [5, 5.41) is 0. The van der Waals surface area contributed by atoms with Crippen LogP contribution in [0.2, 0.25) is 0 Å². The highest BCUT2D eigenvalue weighted by Gasteiger charge is 2.42. The van der Waals surface area contributed by atoms with Crippen LogP contribution in [0.3, 0.4) is 0 Å². The normalized spacial score (nSPS) is 24.6. The average molecular weight is 405 g/mol. The van der Waals surface area contributed by atoms with Gasteiger partial charge in [0.25, 0.3) is 5.91 Å². The van der Waals surface area contributed by atoms with Gasteiger partial charge in [0.05, 0.1) is 17.1 Å². The molecule has 0 N–H and O–H groups in total. The van der Waals surface area contributed by atoms with Crippen LogP contribution in [0.15, 0.2) is 24.3 Å². The lowest BCUT2D eigenvalue weighted by molar-refractivity contribution is 0.0679. The second-order valence-electron chi connectivity index (χ2n) is 5.48. The summed E-state index contributed by atoms with van der Waals surface area (Å²) < 4.78 is 24.3. The molecule has 0 bridgehead atoms. The maximum atomic E-state index is 12.8. The van der Waals surface area contributed by atoms with E-state index in [1.165, 1.54) is 0 Å². The van der Waals surface area contributed by atoms with Gasteiger partial charge in [0.1, 0.15) is 0 Å². The van der Waals surface area contributed by atoms with E-state index in [9.17, 15) is 13.2 Å². The van der Waals surface area contributed by atoms with Gasteiger partial charge in [-0.25, -0.2) is 8.42 Å². The highest BCUT2D eigenvalue weighted by molar-refractivity contribution is 14.1. The molecule has 1 saturated heterocycles. The lowest BCUT2D eigenvalue weighted by Gasteiger charge is -2.28. The summed E-state index contributed by atoms with van der Waals surface area (Å²) in [6.45, 7) is 0. The Bertz CT molecular complexity index is 640. The number of nitrogens with zero attached hydrogens (tertiary/aromatic N) is 1. The smallest absolute Gasteiger partial charge is 0.255 e. The van der Waals surface area contributed by atoms with Crippen molar-refractivity contribution in [1.82, 2.24) is 4.90 Å². The molecule has 2 fully saturated rings. The van der Waals surface area contributed by atoms with E-state index in [1.54, 1.807) is 0 Å². The van der Waals surface area contributed by atoms with Gasteiger partial charge in [-0.15, -0.1) is 0 Å². The first-order valence-corrected chi connectivity index (χ1v) is 9.65. The van der Waals surface area contributed by atoms with Crippen LogP contribution in [0.4, 0.5) is 0 Å². The Morgan fingerprint density at radius 1 is 1.15 bits per heavy atom. The van der Waals surface area contributed by atoms with Crippen LogP contribution in [-0.4, -0.2) is 42.8 Å². The molecule has 6 heteroatoms. The summed E-state index contributed by atoms with van der Waals surface area (Å²) in [5.74, 6) is 0.318. The number of hydrogen-bond donors (Lipinski definition) is 0. The van der Waals surface area contributed by atoms with E-state index in [-0.39, 0.29) is 29.5 Å². The van der Waals surface area contributed by atoms with E-state index in [0.717, 1.165) is 16.4 Å². The summed E-state index contributed by atoms with van der Waals surface area (Å²) in [6, 6.07) is 7.58. The van der Waals surface area contributed by atoms with E-state index in [0.29, 0.717) is 12.0 Å². The molecule has 1 atom stereocenters. The molecular formula is C14H16INO3S. The third-order valence-electron chi connectivity index (χ3n) is 3.88. The quantitative estimate of drug-likeness (QED) is 0.724. The molecule has 4 nitrogen and oxygen atoms in total. The molecule has 1 heterocycles. The number of amides is 1. The first kappa shape index (κ1) is 14.3. The summed E-state index contributed by atoms with van der Waals surface area (Å²) in [5.41, 5.74) is 0.685. The van der Waals surface area contributed by atoms with E-state index in [1.807, 2.05) is 29.2 Å². The van der Waals surface area contributed by atoms with Gasteiger partial charge in [0, 0.05) is 15.7 Å². The van der Waals surface area contributed by atoms with Crippen molar-refractivity contribution in [3.05, 3.63) is 33.4 Å². The van der Waals surface area contributed by atoms with Crippen molar-refractivity contribution in [2.45, 2.75) is 31.3 Å². The zero-order valence-electron chi connectivity index (χ0n) is 11.0. The predicted octanol–water partition coefficient (Wildman–Crippen LogP) is 2.08. The van der Waals surface area contributed by atoms with Crippen molar-refractivity contribution in [2.75, 3.05) is 11.5 Å². The van der Waals surface area contributed by atoms with Crippen molar-refractivity contribution >= 4 is 38.3 Å². The second-order valence-corrected chi connectivity index (χ2v) is 8.87. The van der Waals surface area contributed by atoms with Crippen molar-refractivity contribution in [3.63, 3.8) is 0 Å². The first-order valence-electron chi connectivity index (χ1n) is 6.75. The monoisotopic (exact) mass is 405 g/mol. The van der Waals surface area contributed by atoms with Gasteiger partial charge in [-0.1, -0.05) is 12.1 Å². The molecule has 1 aromatic carbocycles. The highest BCUT2D eigenvalue weighted by atomic mass is 127. The van der Waals surface area contributed by atoms with Crippen LogP contribution >= 0.6 is 22.6 Å². The van der Waals surface area contributed by atoms with Gasteiger partial charge < -0.3 is 4.90 Å². The Morgan fingerprint density at radius 2 is 1.85 bits per heavy atom. The van der Waals surface area contributed by atoms with E-state index in [2.05, 4.69) is 22.6 Å². The zero-order chi connectivity index (χ0) is 14.3. The molecule has 1 aliphatic carbocycles. The van der Waals surface area contributed by atoms with Crippen LogP contribution in [-0.2, 0) is 9.84 Å². The molecule has 108 valence electrons. The fourth-order valence-corrected chi connectivity index (χ4v) is 5.08. The summed E-state index contributed by atoms with van der Waals surface area (Å²) >= 11 is 2.16. The summed E-state index contributed by atoms with van der Waals surface area (Å²) in [7, 11) is -2.97. The van der Waals surface area contributed by atoms with E-state index in [4.69, 9.17) is 0 Å². The Labute approximate surface area is 132 Å². The van der Waals surface area contributed by atoms with Crippen molar-refractivity contribution in [3.8, 4) is 0 Å². The average Bonchev–Trinajstić information content (AvgIpc) is 3.15. The van der Waals surface area contributed by atoms with Crippen LogP contribution < -0.4 is 0 Å². The van der Waals surface area contributed by atoms with Gasteiger partial charge in [-0.3, -0.25) is 4.79 Å². The van der Waals surface area contributed by atoms with Crippen LogP contribution in [0.1, 0.15) is 29.6 Å². The Kier molecular flexibility index (Phi) is 3.79. The number of carbonyl (C=O) groups is 1. The van der Waals surface area contributed by atoms with Crippen molar-refractivity contribution in [2.24, 2.45) is 0 Å². The molecule has 0 spiro atoms. The molecule has 3 rings (SSSR count). The number of carbonyl (C=O) groups excluding carboxylic acids is 1. The van der Waals surface area contributed by atoms with E-state index >= 15 is 0 Å². The van der Waals surface area contributed by atoms with Crippen molar-refractivity contribution in [1.29, 1.82) is 0 Å². The Balaban J connectivity index is 1.88. The van der Waals surface area contributed by atoms with Gasteiger partial charge in [0.15, 0.2) is 9.84 Å². The fraction of sp³-hybridized carbons (Fsp3) is 0.500. The largest absolute Gasteiger partial charge is 0.332 e. The lowest BCUT2D eigenvalue weighted by Crippen LogP contribution is -2.43. The third kappa shape index (κ3) is 2.86. The number of rotatable bonds is 3. The molecule has 1 amide bonds. The van der Waals surface area contributed by atoms with Gasteiger partial charge in [-0.2, -0.15) is 0 Å². The molecular weight excluding hydrogens is 389 g/mol. The van der Waals surface area contributed by atoms with Gasteiger partial charge >= 0.3 is 0 Å². The Hall–Kier alpha value is -0.630. The van der Waals surface area contributed by atoms with Crippen LogP contribution in [0, 0.1) is 3.57 Å². The molecule has 1 aliphatic heterocycles. The molecule has 2 aliphatic rings. The fourth-order valence-electron chi connectivity index (χ4n) is 2.75. The van der Waals surface area contributed by atoms with E-state index < -0.39 is 9.84 Å². The molecule has 1 aromatic rings. The SMILES string of the molecule is O=C(c1ccccc1I)N(C1CC1)C1CCS(=O)(=O)C1. The number of sulfone groups is 1. The minimum Gasteiger partial charge on any atom is -0.332 e.